The second-order valence-electron chi connectivity index (χ2n) is 6.71. The van der Waals surface area contributed by atoms with Crippen molar-refractivity contribution in [1.29, 1.82) is 0 Å². The molecule has 0 saturated heterocycles. The van der Waals surface area contributed by atoms with Crippen molar-refractivity contribution in [2.24, 2.45) is 5.92 Å². The lowest BCUT2D eigenvalue weighted by atomic mass is 9.86. The van der Waals surface area contributed by atoms with E-state index in [4.69, 9.17) is 4.74 Å². The van der Waals surface area contributed by atoms with Crippen molar-refractivity contribution in [2.75, 3.05) is 12.4 Å². The maximum absolute atomic E-state index is 12.9. The number of aromatic nitrogens is 4. The Kier molecular flexibility index (Phi) is 5.49. The lowest BCUT2D eigenvalue weighted by Crippen LogP contribution is -2.13. The van der Waals surface area contributed by atoms with Crippen molar-refractivity contribution in [3.8, 4) is 28.7 Å². The van der Waals surface area contributed by atoms with E-state index >= 15 is 0 Å². The minimum atomic E-state index is -0.298. The minimum Gasteiger partial charge on any atom is -0.494 e. The first kappa shape index (κ1) is 19.0. The van der Waals surface area contributed by atoms with E-state index in [0.29, 0.717) is 32.9 Å². The van der Waals surface area contributed by atoms with Crippen LogP contribution in [0.4, 0.5) is 5.13 Å². The molecule has 7 nitrogen and oxygen atoms in total. The Morgan fingerprint density at radius 1 is 1.28 bits per heavy atom. The smallest absolute Gasteiger partial charge is 0.258 e. The number of anilines is 1. The Morgan fingerprint density at radius 2 is 2.14 bits per heavy atom. The number of pyridine rings is 2. The van der Waals surface area contributed by atoms with Gasteiger partial charge in [-0.05, 0) is 37.8 Å². The molecule has 0 aliphatic heterocycles. The fourth-order valence-electron chi connectivity index (χ4n) is 2.93. The molecule has 0 radical (unpaired) electrons. The molecule has 1 aliphatic carbocycles. The van der Waals surface area contributed by atoms with E-state index in [9.17, 15) is 4.79 Å². The van der Waals surface area contributed by atoms with Gasteiger partial charge in [-0.1, -0.05) is 23.7 Å². The molecule has 1 amide bonds. The molecule has 1 fully saturated rings. The van der Waals surface area contributed by atoms with Crippen molar-refractivity contribution in [3.05, 3.63) is 47.0 Å². The molecule has 0 spiro atoms. The van der Waals surface area contributed by atoms with Crippen LogP contribution in [-0.2, 0) is 0 Å². The van der Waals surface area contributed by atoms with E-state index < -0.39 is 0 Å². The largest absolute Gasteiger partial charge is 0.494 e. The summed E-state index contributed by atoms with van der Waals surface area (Å²) in [5.41, 5.74) is 2.68. The van der Waals surface area contributed by atoms with Crippen molar-refractivity contribution in [3.63, 3.8) is 0 Å². The predicted octanol–water partition coefficient (Wildman–Crippen LogP) is 3.72. The molecule has 1 N–H and O–H groups in total. The topological polar surface area (TPSA) is 89.9 Å². The van der Waals surface area contributed by atoms with Gasteiger partial charge in [0.1, 0.15) is 5.75 Å². The van der Waals surface area contributed by atoms with Crippen molar-refractivity contribution >= 4 is 22.4 Å². The van der Waals surface area contributed by atoms with E-state index in [1.165, 1.54) is 17.8 Å². The molecule has 0 unspecified atom stereocenters. The summed E-state index contributed by atoms with van der Waals surface area (Å²) in [7, 11) is 1.57. The van der Waals surface area contributed by atoms with Crippen LogP contribution in [0.5, 0.6) is 5.75 Å². The fraction of sp³-hybridized carbons (Fsp3) is 0.286. The Balaban J connectivity index is 1.58. The Hall–Kier alpha value is -3.31. The highest BCUT2D eigenvalue weighted by Crippen LogP contribution is 2.32. The zero-order chi connectivity index (χ0) is 20.2. The van der Waals surface area contributed by atoms with Gasteiger partial charge in [-0.25, -0.2) is 0 Å². The third kappa shape index (κ3) is 4.25. The number of amides is 1. The summed E-state index contributed by atoms with van der Waals surface area (Å²) in [5.74, 6) is 6.99. The summed E-state index contributed by atoms with van der Waals surface area (Å²) in [6.45, 7) is 1.88. The van der Waals surface area contributed by atoms with E-state index in [0.717, 1.165) is 24.1 Å². The number of carbonyl (C=O) groups excluding carboxylic acids is 1. The Labute approximate surface area is 172 Å². The zero-order valence-electron chi connectivity index (χ0n) is 16.1. The summed E-state index contributed by atoms with van der Waals surface area (Å²) in [4.78, 5) is 21.4. The van der Waals surface area contributed by atoms with Gasteiger partial charge in [0, 0.05) is 35.1 Å². The number of hydrogen-bond donors (Lipinski definition) is 1. The fourth-order valence-corrected chi connectivity index (χ4v) is 3.53. The average Bonchev–Trinajstić information content (AvgIpc) is 3.14. The highest BCUT2D eigenvalue weighted by molar-refractivity contribution is 7.15. The van der Waals surface area contributed by atoms with Gasteiger partial charge in [0.15, 0.2) is 5.01 Å². The number of ether oxygens (including phenoxy) is 1. The summed E-state index contributed by atoms with van der Waals surface area (Å²) >= 11 is 1.27. The number of methoxy groups -OCH3 is 1. The van der Waals surface area contributed by atoms with Gasteiger partial charge in [0.05, 0.1) is 18.9 Å². The van der Waals surface area contributed by atoms with Crippen LogP contribution in [0, 0.1) is 24.7 Å². The molecule has 1 saturated carbocycles. The first-order valence-corrected chi connectivity index (χ1v) is 10.1. The highest BCUT2D eigenvalue weighted by Gasteiger charge is 2.18. The molecule has 4 rings (SSSR count). The van der Waals surface area contributed by atoms with E-state index in [-0.39, 0.29) is 5.91 Å². The molecule has 3 aromatic rings. The predicted molar refractivity (Wildman–Crippen MR) is 111 cm³/mol. The molecule has 29 heavy (non-hydrogen) atoms. The zero-order valence-corrected chi connectivity index (χ0v) is 16.9. The van der Waals surface area contributed by atoms with Crippen LogP contribution in [0.25, 0.3) is 11.1 Å². The second-order valence-corrected chi connectivity index (χ2v) is 7.69. The number of rotatable bonds is 4. The number of hydrogen-bond acceptors (Lipinski definition) is 7. The van der Waals surface area contributed by atoms with Crippen LogP contribution in [-0.4, -0.2) is 33.2 Å². The first-order chi connectivity index (χ1) is 14.1. The molecule has 1 aliphatic rings. The molecule has 3 heterocycles. The van der Waals surface area contributed by atoms with Gasteiger partial charge in [0.25, 0.3) is 5.91 Å². The van der Waals surface area contributed by atoms with Gasteiger partial charge in [-0.15, -0.1) is 10.2 Å². The third-order valence-corrected chi connectivity index (χ3v) is 5.47. The first-order valence-electron chi connectivity index (χ1n) is 9.25. The van der Waals surface area contributed by atoms with Crippen molar-refractivity contribution in [2.45, 2.75) is 26.2 Å². The summed E-state index contributed by atoms with van der Waals surface area (Å²) in [6, 6.07) is 3.53. The maximum Gasteiger partial charge on any atom is 0.258 e. The lowest BCUT2D eigenvalue weighted by molar-refractivity contribution is 0.102. The Bertz CT molecular complexity index is 1110. The van der Waals surface area contributed by atoms with E-state index in [1.807, 2.05) is 13.0 Å². The molecule has 146 valence electrons. The standard InChI is InChI=1S/C21H19N5O2S/c1-13-10-16(18(28-2)12-23-13)17-11-22-9-8-15(17)20(27)24-21-26-25-19(29-21)7-6-14-4-3-5-14/h8-12,14H,3-5H2,1-2H3,(H,24,26,27). The highest BCUT2D eigenvalue weighted by atomic mass is 32.1. The van der Waals surface area contributed by atoms with Crippen LogP contribution < -0.4 is 10.1 Å². The van der Waals surface area contributed by atoms with Crippen LogP contribution >= 0.6 is 11.3 Å². The van der Waals surface area contributed by atoms with Crippen LogP contribution in [0.1, 0.15) is 40.3 Å². The van der Waals surface area contributed by atoms with E-state index in [1.54, 1.807) is 31.8 Å². The van der Waals surface area contributed by atoms with Crippen LogP contribution in [0.15, 0.2) is 30.7 Å². The molecular formula is C21H19N5O2S. The van der Waals surface area contributed by atoms with Crippen LogP contribution in [0.2, 0.25) is 0 Å². The molecular weight excluding hydrogens is 386 g/mol. The number of nitrogens with one attached hydrogen (secondary N) is 1. The van der Waals surface area contributed by atoms with Crippen LogP contribution in [0.3, 0.4) is 0 Å². The summed E-state index contributed by atoms with van der Waals surface area (Å²) < 4.78 is 5.41. The lowest BCUT2D eigenvalue weighted by Gasteiger charge is -2.18. The number of nitrogens with zero attached hydrogens (tertiary/aromatic N) is 4. The monoisotopic (exact) mass is 405 g/mol. The van der Waals surface area contributed by atoms with Crippen molar-refractivity contribution in [1.82, 2.24) is 20.2 Å². The summed E-state index contributed by atoms with van der Waals surface area (Å²) in [6.07, 6.45) is 8.40. The normalized spacial score (nSPS) is 13.2. The third-order valence-electron chi connectivity index (χ3n) is 4.71. The van der Waals surface area contributed by atoms with Gasteiger partial charge in [0.2, 0.25) is 5.13 Å². The van der Waals surface area contributed by atoms with Gasteiger partial charge in [-0.3, -0.25) is 20.1 Å². The number of carbonyl (C=O) groups is 1. The van der Waals surface area contributed by atoms with E-state index in [2.05, 4.69) is 37.3 Å². The molecule has 0 bridgehead atoms. The minimum absolute atomic E-state index is 0.298. The summed E-state index contributed by atoms with van der Waals surface area (Å²) in [5, 5.41) is 11.9. The van der Waals surface area contributed by atoms with Gasteiger partial charge >= 0.3 is 0 Å². The van der Waals surface area contributed by atoms with Crippen molar-refractivity contribution < 1.29 is 9.53 Å². The molecule has 0 aromatic carbocycles. The second kappa shape index (κ2) is 8.37. The van der Waals surface area contributed by atoms with Gasteiger partial charge < -0.3 is 4.74 Å². The molecule has 8 heteroatoms. The maximum atomic E-state index is 12.9. The molecule has 0 atom stereocenters. The molecule has 3 aromatic heterocycles. The average molecular weight is 405 g/mol. The number of aryl methyl sites for hydroxylation is 1. The van der Waals surface area contributed by atoms with Gasteiger partial charge in [-0.2, -0.15) is 0 Å². The SMILES string of the molecule is COc1cnc(C)cc1-c1cnccc1C(=O)Nc1nnc(C#CC2CCC2)s1. The Morgan fingerprint density at radius 3 is 2.90 bits per heavy atom. The quantitative estimate of drug-likeness (QED) is 0.666.